The summed E-state index contributed by atoms with van der Waals surface area (Å²) in [5.74, 6) is -0.638. The van der Waals surface area contributed by atoms with E-state index in [1.165, 1.54) is 31.2 Å². The normalized spacial score (nSPS) is 12.2. The predicted molar refractivity (Wildman–Crippen MR) is 108 cm³/mol. The van der Waals surface area contributed by atoms with Gasteiger partial charge in [-0.1, -0.05) is 17.7 Å². The van der Waals surface area contributed by atoms with E-state index in [0.29, 0.717) is 11.4 Å². The number of aryl methyl sites for hydroxylation is 3. The fraction of sp³-hybridized carbons (Fsp3) is 0.300. The maximum Gasteiger partial charge on any atom is 0.344 e. The van der Waals surface area contributed by atoms with Gasteiger partial charge in [0.15, 0.2) is 12.7 Å². The average Bonchev–Trinajstić information content (AvgIpc) is 2.60. The van der Waals surface area contributed by atoms with E-state index in [9.17, 15) is 18.0 Å². The van der Waals surface area contributed by atoms with Crippen molar-refractivity contribution in [1.82, 2.24) is 0 Å². The quantitative estimate of drug-likeness (QED) is 0.662. The Morgan fingerprint density at radius 1 is 1.07 bits per heavy atom. The van der Waals surface area contributed by atoms with Crippen LogP contribution < -0.4 is 15.2 Å². The van der Waals surface area contributed by atoms with Gasteiger partial charge in [-0.15, -0.1) is 0 Å². The molecule has 0 fully saturated rings. The van der Waals surface area contributed by atoms with Gasteiger partial charge in [-0.3, -0.25) is 4.79 Å². The number of primary sulfonamides is 1. The number of hydrogen-bond acceptors (Lipinski definition) is 6. The number of anilines is 1. The lowest BCUT2D eigenvalue weighted by atomic mass is 10.1. The van der Waals surface area contributed by atoms with Crippen LogP contribution in [0, 0.1) is 20.8 Å². The summed E-state index contributed by atoms with van der Waals surface area (Å²) in [5.41, 5.74) is 3.25. The molecular formula is C20H24N2O6S. The third-order valence-corrected chi connectivity index (χ3v) is 5.00. The molecule has 0 bridgehead atoms. The molecule has 2 rings (SSSR count). The Balaban J connectivity index is 1.90. The lowest BCUT2D eigenvalue weighted by Gasteiger charge is -2.16. The van der Waals surface area contributed by atoms with Crippen molar-refractivity contribution in [1.29, 1.82) is 0 Å². The predicted octanol–water partition coefficient (Wildman–Crippen LogP) is 2.21. The molecule has 0 aromatic heterocycles. The number of nitrogens with one attached hydrogen (secondary N) is 1. The molecule has 9 heteroatoms. The molecule has 0 saturated heterocycles. The second kappa shape index (κ2) is 9.06. The van der Waals surface area contributed by atoms with Crippen LogP contribution in [0.3, 0.4) is 0 Å². The number of carbonyl (C=O) groups excluding carboxylic acids is 2. The van der Waals surface area contributed by atoms with Crippen molar-refractivity contribution < 1.29 is 27.5 Å². The van der Waals surface area contributed by atoms with Gasteiger partial charge in [0, 0.05) is 5.69 Å². The molecule has 8 nitrogen and oxygen atoms in total. The van der Waals surface area contributed by atoms with Gasteiger partial charge in [0.1, 0.15) is 5.75 Å². The van der Waals surface area contributed by atoms with Crippen LogP contribution >= 0.6 is 0 Å². The summed E-state index contributed by atoms with van der Waals surface area (Å²) in [4.78, 5) is 24.1. The number of esters is 1. The number of rotatable bonds is 7. The summed E-state index contributed by atoms with van der Waals surface area (Å²) in [6, 6.07) is 9.20. The Morgan fingerprint density at radius 3 is 2.14 bits per heavy atom. The van der Waals surface area contributed by atoms with E-state index in [2.05, 4.69) is 5.32 Å². The maximum absolute atomic E-state index is 12.2. The van der Waals surface area contributed by atoms with Crippen LogP contribution in [-0.4, -0.2) is 33.0 Å². The van der Waals surface area contributed by atoms with Crippen molar-refractivity contribution in [2.24, 2.45) is 5.14 Å². The highest BCUT2D eigenvalue weighted by Crippen LogP contribution is 2.24. The number of hydrogen-bond donors (Lipinski definition) is 2. The van der Waals surface area contributed by atoms with Gasteiger partial charge < -0.3 is 14.8 Å². The first kappa shape index (κ1) is 22.4. The van der Waals surface area contributed by atoms with Gasteiger partial charge in [0.05, 0.1) is 4.90 Å². The summed E-state index contributed by atoms with van der Waals surface area (Å²) in [6.45, 7) is 6.84. The molecule has 0 aliphatic rings. The van der Waals surface area contributed by atoms with Gasteiger partial charge in [-0.2, -0.15) is 0 Å². The summed E-state index contributed by atoms with van der Waals surface area (Å²) in [7, 11) is -3.81. The highest BCUT2D eigenvalue weighted by molar-refractivity contribution is 7.89. The van der Waals surface area contributed by atoms with Gasteiger partial charge >= 0.3 is 5.97 Å². The molecule has 0 spiro atoms. The summed E-state index contributed by atoms with van der Waals surface area (Å²) < 4.78 is 33.1. The summed E-state index contributed by atoms with van der Waals surface area (Å²) in [6.07, 6.45) is -1.07. The summed E-state index contributed by atoms with van der Waals surface area (Å²) in [5, 5.41) is 7.55. The van der Waals surface area contributed by atoms with Crippen LogP contribution in [0.15, 0.2) is 41.3 Å². The third-order valence-electron chi connectivity index (χ3n) is 4.07. The second-order valence-electron chi connectivity index (χ2n) is 6.71. The number of carbonyl (C=O) groups is 2. The molecule has 0 saturated carbocycles. The molecule has 0 radical (unpaired) electrons. The van der Waals surface area contributed by atoms with E-state index in [0.717, 1.165) is 16.7 Å². The zero-order valence-corrected chi connectivity index (χ0v) is 17.5. The molecule has 2 aromatic rings. The number of ether oxygens (including phenoxy) is 2. The molecule has 0 aliphatic carbocycles. The van der Waals surface area contributed by atoms with Crippen molar-refractivity contribution in [2.75, 3.05) is 11.9 Å². The molecule has 3 N–H and O–H groups in total. The Labute approximate surface area is 170 Å². The van der Waals surface area contributed by atoms with Crippen molar-refractivity contribution in [3.8, 4) is 5.75 Å². The first-order chi connectivity index (χ1) is 13.5. The Bertz CT molecular complexity index is 993. The molecule has 156 valence electrons. The van der Waals surface area contributed by atoms with Crippen molar-refractivity contribution >= 4 is 27.6 Å². The Hall–Kier alpha value is -2.91. The van der Waals surface area contributed by atoms with Crippen LogP contribution in [0.1, 0.15) is 23.6 Å². The van der Waals surface area contributed by atoms with Crippen LogP contribution in [0.25, 0.3) is 0 Å². The topological polar surface area (TPSA) is 125 Å². The molecule has 1 atom stereocenters. The first-order valence-corrected chi connectivity index (χ1v) is 10.4. The van der Waals surface area contributed by atoms with E-state index >= 15 is 0 Å². The smallest absolute Gasteiger partial charge is 0.344 e. The zero-order valence-electron chi connectivity index (χ0n) is 16.7. The SMILES string of the molecule is Cc1cc(C)c(OCC(=O)O[C@@H](C)C(=O)Nc2ccc(S(N)(=O)=O)cc2)c(C)c1. The van der Waals surface area contributed by atoms with Crippen LogP contribution in [-0.2, 0) is 24.3 Å². The molecule has 1 amide bonds. The molecule has 0 aliphatic heterocycles. The Morgan fingerprint density at radius 2 is 1.62 bits per heavy atom. The van der Waals surface area contributed by atoms with Crippen LogP contribution in [0.5, 0.6) is 5.75 Å². The summed E-state index contributed by atoms with van der Waals surface area (Å²) >= 11 is 0. The average molecular weight is 420 g/mol. The van der Waals surface area contributed by atoms with Crippen LogP contribution in [0.2, 0.25) is 0 Å². The molecular weight excluding hydrogens is 396 g/mol. The van der Waals surface area contributed by atoms with E-state index in [4.69, 9.17) is 14.6 Å². The standard InChI is InChI=1S/C20H24N2O6S/c1-12-9-13(2)19(14(3)10-12)27-11-18(23)28-15(4)20(24)22-16-5-7-17(8-6-16)29(21,25)26/h5-10,15H,11H2,1-4H3,(H,22,24)(H2,21,25,26)/t15-/m0/s1. The number of sulfonamides is 1. The van der Waals surface area contributed by atoms with Gasteiger partial charge in [0.2, 0.25) is 10.0 Å². The zero-order chi connectivity index (χ0) is 21.8. The fourth-order valence-corrected chi connectivity index (χ4v) is 3.30. The maximum atomic E-state index is 12.2. The third kappa shape index (κ3) is 6.30. The molecule has 0 unspecified atom stereocenters. The monoisotopic (exact) mass is 420 g/mol. The van der Waals surface area contributed by atoms with Gasteiger partial charge in [-0.25, -0.2) is 18.4 Å². The largest absolute Gasteiger partial charge is 0.481 e. The van der Waals surface area contributed by atoms with Gasteiger partial charge in [0.25, 0.3) is 5.91 Å². The van der Waals surface area contributed by atoms with Crippen LogP contribution in [0.4, 0.5) is 5.69 Å². The van der Waals surface area contributed by atoms with Crippen molar-refractivity contribution in [2.45, 2.75) is 38.7 Å². The fourth-order valence-electron chi connectivity index (χ4n) is 2.78. The van der Waals surface area contributed by atoms with E-state index < -0.39 is 28.0 Å². The highest BCUT2D eigenvalue weighted by atomic mass is 32.2. The number of nitrogens with two attached hydrogens (primary N) is 1. The number of amides is 1. The first-order valence-electron chi connectivity index (χ1n) is 8.81. The minimum absolute atomic E-state index is 0.0752. The van der Waals surface area contributed by atoms with E-state index in [-0.39, 0.29) is 11.5 Å². The lowest BCUT2D eigenvalue weighted by molar-refractivity contribution is -0.155. The van der Waals surface area contributed by atoms with E-state index in [1.54, 1.807) is 0 Å². The Kier molecular flexibility index (Phi) is 6.99. The second-order valence-corrected chi connectivity index (χ2v) is 8.27. The minimum Gasteiger partial charge on any atom is -0.481 e. The highest BCUT2D eigenvalue weighted by Gasteiger charge is 2.19. The minimum atomic E-state index is -3.81. The van der Waals surface area contributed by atoms with E-state index in [1.807, 2.05) is 32.9 Å². The molecule has 29 heavy (non-hydrogen) atoms. The van der Waals surface area contributed by atoms with Gasteiger partial charge in [-0.05, 0) is 63.1 Å². The van der Waals surface area contributed by atoms with Crippen molar-refractivity contribution in [3.05, 3.63) is 53.1 Å². The van der Waals surface area contributed by atoms with Crippen molar-refractivity contribution in [3.63, 3.8) is 0 Å². The lowest BCUT2D eigenvalue weighted by Crippen LogP contribution is -2.31. The number of benzene rings is 2. The molecule has 0 heterocycles. The molecule has 2 aromatic carbocycles.